The fourth-order valence-electron chi connectivity index (χ4n) is 2.18. The summed E-state index contributed by atoms with van der Waals surface area (Å²) in [5.74, 6) is 1.43. The van der Waals surface area contributed by atoms with Crippen molar-refractivity contribution in [1.82, 2.24) is 15.6 Å². The first-order valence-corrected chi connectivity index (χ1v) is 8.29. The second kappa shape index (κ2) is 9.55. The summed E-state index contributed by atoms with van der Waals surface area (Å²) in [6.07, 6.45) is 2.71. The molecule has 2 rings (SSSR count). The Morgan fingerprint density at radius 3 is 2.58 bits per heavy atom. The zero-order chi connectivity index (χ0) is 17.2. The normalized spacial score (nSPS) is 11.2. The first-order valence-electron chi connectivity index (χ1n) is 8.29. The summed E-state index contributed by atoms with van der Waals surface area (Å²) in [7, 11) is 1.77. The second-order valence-electron chi connectivity index (χ2n) is 5.58. The minimum atomic E-state index is 0.612. The lowest BCUT2D eigenvalue weighted by Gasteiger charge is -2.14. The van der Waals surface area contributed by atoms with Crippen LogP contribution in [0.2, 0.25) is 0 Å². The Hall–Kier alpha value is -2.56. The van der Waals surface area contributed by atoms with Crippen LogP contribution in [-0.2, 0) is 13.1 Å². The predicted octanol–water partition coefficient (Wildman–Crippen LogP) is 3.04. The average molecular weight is 326 g/mol. The number of pyridine rings is 1. The van der Waals surface area contributed by atoms with Crippen molar-refractivity contribution in [1.29, 1.82) is 0 Å². The highest BCUT2D eigenvalue weighted by Crippen LogP contribution is 2.14. The maximum Gasteiger partial charge on any atom is 0.218 e. The van der Waals surface area contributed by atoms with Gasteiger partial charge in [-0.1, -0.05) is 42.8 Å². The van der Waals surface area contributed by atoms with E-state index in [0.717, 1.165) is 24.5 Å². The maximum absolute atomic E-state index is 5.68. The predicted molar refractivity (Wildman–Crippen MR) is 98.2 cm³/mol. The molecule has 0 saturated carbocycles. The zero-order valence-electron chi connectivity index (χ0n) is 14.7. The Labute approximate surface area is 144 Å². The van der Waals surface area contributed by atoms with Crippen molar-refractivity contribution in [3.63, 3.8) is 0 Å². The highest BCUT2D eigenvalue weighted by molar-refractivity contribution is 5.79. The third-order valence-electron chi connectivity index (χ3n) is 3.54. The number of rotatable bonds is 7. The molecule has 5 nitrogen and oxygen atoms in total. The maximum atomic E-state index is 5.68. The van der Waals surface area contributed by atoms with E-state index in [1.54, 1.807) is 13.2 Å². The Kier molecular flexibility index (Phi) is 7.08. The summed E-state index contributed by atoms with van der Waals surface area (Å²) >= 11 is 0. The molecule has 2 N–H and O–H groups in total. The minimum absolute atomic E-state index is 0.612. The van der Waals surface area contributed by atoms with Gasteiger partial charge >= 0.3 is 0 Å². The molecular formula is C19H26N4O. The Balaban J connectivity index is 1.88. The Bertz CT molecular complexity index is 653. The van der Waals surface area contributed by atoms with Crippen LogP contribution in [0.15, 0.2) is 47.6 Å². The number of ether oxygens (including phenoxy) is 1. The van der Waals surface area contributed by atoms with Crippen LogP contribution in [0.3, 0.4) is 0 Å². The summed E-state index contributed by atoms with van der Waals surface area (Å²) in [5, 5.41) is 6.62. The standard InChI is InChI=1S/C19H26N4O/c1-4-12-24-18-17(6-5-11-21-18)14-23-19(20-3)22-13-16-9-7-15(2)8-10-16/h5-11H,4,12-14H2,1-3H3,(H2,20,22,23). The first kappa shape index (κ1) is 17.8. The summed E-state index contributed by atoms with van der Waals surface area (Å²) in [6, 6.07) is 12.4. The molecule has 0 radical (unpaired) electrons. The van der Waals surface area contributed by atoms with Gasteiger partial charge in [0.1, 0.15) is 0 Å². The molecule has 0 amide bonds. The lowest BCUT2D eigenvalue weighted by Crippen LogP contribution is -2.36. The van der Waals surface area contributed by atoms with E-state index in [0.29, 0.717) is 19.0 Å². The number of nitrogens with one attached hydrogen (secondary N) is 2. The van der Waals surface area contributed by atoms with Crippen LogP contribution in [0.5, 0.6) is 5.88 Å². The molecule has 1 aromatic carbocycles. The molecule has 0 spiro atoms. The summed E-state index contributed by atoms with van der Waals surface area (Å²) < 4.78 is 5.68. The number of hydrogen-bond donors (Lipinski definition) is 2. The lowest BCUT2D eigenvalue weighted by atomic mass is 10.1. The van der Waals surface area contributed by atoms with E-state index in [9.17, 15) is 0 Å². The summed E-state index contributed by atoms with van der Waals surface area (Å²) in [6.45, 7) is 6.18. The number of aryl methyl sites for hydroxylation is 1. The largest absolute Gasteiger partial charge is 0.477 e. The van der Waals surface area contributed by atoms with Gasteiger partial charge in [-0.3, -0.25) is 4.99 Å². The molecule has 0 aliphatic rings. The van der Waals surface area contributed by atoms with Crippen molar-refractivity contribution in [3.8, 4) is 5.88 Å². The van der Waals surface area contributed by atoms with Crippen molar-refractivity contribution in [2.24, 2.45) is 4.99 Å². The molecule has 24 heavy (non-hydrogen) atoms. The lowest BCUT2D eigenvalue weighted by molar-refractivity contribution is 0.301. The van der Waals surface area contributed by atoms with E-state index < -0.39 is 0 Å². The molecular weight excluding hydrogens is 300 g/mol. The van der Waals surface area contributed by atoms with Gasteiger partial charge in [-0.2, -0.15) is 0 Å². The molecule has 0 bridgehead atoms. The van der Waals surface area contributed by atoms with Gasteiger partial charge in [0.2, 0.25) is 5.88 Å². The van der Waals surface area contributed by atoms with Gasteiger partial charge in [-0.05, 0) is 25.0 Å². The van der Waals surface area contributed by atoms with Crippen LogP contribution in [0.1, 0.15) is 30.0 Å². The number of aromatic nitrogens is 1. The molecule has 2 aromatic rings. The number of guanidine groups is 1. The number of hydrogen-bond acceptors (Lipinski definition) is 3. The third-order valence-corrected chi connectivity index (χ3v) is 3.54. The van der Waals surface area contributed by atoms with Crippen molar-refractivity contribution >= 4 is 5.96 Å². The zero-order valence-corrected chi connectivity index (χ0v) is 14.7. The van der Waals surface area contributed by atoms with Crippen LogP contribution in [0.25, 0.3) is 0 Å². The molecule has 1 heterocycles. The van der Waals surface area contributed by atoms with Gasteiger partial charge in [-0.25, -0.2) is 4.98 Å². The van der Waals surface area contributed by atoms with Gasteiger partial charge in [0, 0.05) is 31.9 Å². The molecule has 0 aliphatic carbocycles. The van der Waals surface area contributed by atoms with Gasteiger partial charge in [0.15, 0.2) is 5.96 Å². The molecule has 0 saturated heterocycles. The van der Waals surface area contributed by atoms with E-state index in [1.165, 1.54) is 11.1 Å². The molecule has 128 valence electrons. The quantitative estimate of drug-likeness (QED) is 0.606. The summed E-state index contributed by atoms with van der Waals surface area (Å²) in [4.78, 5) is 8.56. The smallest absolute Gasteiger partial charge is 0.218 e. The monoisotopic (exact) mass is 326 g/mol. The molecule has 5 heteroatoms. The fraction of sp³-hybridized carbons (Fsp3) is 0.368. The summed E-state index contributed by atoms with van der Waals surface area (Å²) in [5.41, 5.74) is 3.50. The molecule has 0 aliphatic heterocycles. The van der Waals surface area contributed by atoms with Crippen molar-refractivity contribution in [2.75, 3.05) is 13.7 Å². The number of nitrogens with zero attached hydrogens (tertiary/aromatic N) is 2. The van der Waals surface area contributed by atoms with E-state index >= 15 is 0 Å². The van der Waals surface area contributed by atoms with Crippen LogP contribution in [0.4, 0.5) is 0 Å². The van der Waals surface area contributed by atoms with E-state index in [4.69, 9.17) is 4.74 Å². The third kappa shape index (κ3) is 5.57. The van der Waals surface area contributed by atoms with Crippen molar-refractivity contribution in [3.05, 3.63) is 59.3 Å². The van der Waals surface area contributed by atoms with E-state index in [1.807, 2.05) is 12.1 Å². The second-order valence-corrected chi connectivity index (χ2v) is 5.58. The molecule has 0 atom stereocenters. The van der Waals surface area contributed by atoms with Gasteiger partial charge in [-0.15, -0.1) is 0 Å². The van der Waals surface area contributed by atoms with E-state index in [-0.39, 0.29) is 0 Å². The number of benzene rings is 1. The molecule has 1 aromatic heterocycles. The van der Waals surface area contributed by atoms with Gasteiger partial charge in [0.05, 0.1) is 6.61 Å². The minimum Gasteiger partial charge on any atom is -0.477 e. The SMILES string of the molecule is CCCOc1ncccc1CNC(=NC)NCc1ccc(C)cc1. The van der Waals surface area contributed by atoms with Crippen LogP contribution < -0.4 is 15.4 Å². The highest BCUT2D eigenvalue weighted by Gasteiger charge is 2.05. The van der Waals surface area contributed by atoms with Crippen molar-refractivity contribution < 1.29 is 4.74 Å². The Morgan fingerprint density at radius 2 is 1.88 bits per heavy atom. The topological polar surface area (TPSA) is 58.5 Å². The average Bonchev–Trinajstić information content (AvgIpc) is 2.62. The van der Waals surface area contributed by atoms with E-state index in [2.05, 4.69) is 58.7 Å². The number of aliphatic imine (C=N–C) groups is 1. The van der Waals surface area contributed by atoms with Crippen LogP contribution in [-0.4, -0.2) is 24.6 Å². The molecule has 0 fully saturated rings. The fourth-order valence-corrected chi connectivity index (χ4v) is 2.18. The first-order chi connectivity index (χ1) is 11.7. The van der Waals surface area contributed by atoms with Crippen LogP contribution in [0, 0.1) is 6.92 Å². The molecule has 0 unspecified atom stereocenters. The van der Waals surface area contributed by atoms with Gasteiger partial charge < -0.3 is 15.4 Å². The Morgan fingerprint density at radius 1 is 1.12 bits per heavy atom. The highest BCUT2D eigenvalue weighted by atomic mass is 16.5. The van der Waals surface area contributed by atoms with Gasteiger partial charge in [0.25, 0.3) is 0 Å². The van der Waals surface area contributed by atoms with Crippen molar-refractivity contribution in [2.45, 2.75) is 33.4 Å². The van der Waals surface area contributed by atoms with Crippen LogP contribution >= 0.6 is 0 Å².